The summed E-state index contributed by atoms with van der Waals surface area (Å²) in [5.41, 5.74) is -0.117. The van der Waals surface area contributed by atoms with E-state index in [1.54, 1.807) is 0 Å². The molecule has 31 heavy (non-hydrogen) atoms. The maximum atomic E-state index is 13.7. The van der Waals surface area contributed by atoms with Gasteiger partial charge in [0.15, 0.2) is 11.6 Å². The largest absolute Gasteiger partial charge is 0.348 e. The topological polar surface area (TPSA) is 62.3 Å². The van der Waals surface area contributed by atoms with Crippen molar-refractivity contribution in [2.45, 2.75) is 45.1 Å². The average Bonchev–Trinajstić information content (AvgIpc) is 3.04. The highest BCUT2D eigenvalue weighted by Gasteiger charge is 2.49. The minimum atomic E-state index is -1.06. The first-order valence-corrected chi connectivity index (χ1v) is 10.5. The summed E-state index contributed by atoms with van der Waals surface area (Å²) in [6.45, 7) is 1.87. The third-order valence-corrected chi connectivity index (χ3v) is 6.63. The number of nitrogens with one attached hydrogen (secondary N) is 1. The van der Waals surface area contributed by atoms with Gasteiger partial charge in [0.2, 0.25) is 5.91 Å². The van der Waals surface area contributed by atoms with Gasteiger partial charge in [-0.15, -0.1) is 0 Å². The Morgan fingerprint density at radius 3 is 2.48 bits per heavy atom. The molecule has 2 aromatic rings. The molecule has 2 fully saturated rings. The number of amides is 2. The lowest BCUT2D eigenvalue weighted by Gasteiger charge is -2.36. The van der Waals surface area contributed by atoms with Crippen molar-refractivity contribution in [2.24, 2.45) is 5.41 Å². The molecule has 1 aliphatic carbocycles. The van der Waals surface area contributed by atoms with Crippen molar-refractivity contribution in [1.82, 2.24) is 10.3 Å². The normalized spacial score (nSPS) is 23.5. The molecule has 0 bridgehead atoms. The maximum absolute atomic E-state index is 13.7. The van der Waals surface area contributed by atoms with Crippen LogP contribution in [0.2, 0.25) is 5.02 Å². The molecule has 1 saturated carbocycles. The van der Waals surface area contributed by atoms with E-state index in [9.17, 15) is 22.8 Å². The van der Waals surface area contributed by atoms with Crippen LogP contribution < -0.4 is 10.2 Å². The molecule has 1 aromatic heterocycles. The second-order valence-electron chi connectivity index (χ2n) is 8.22. The highest BCUT2D eigenvalue weighted by molar-refractivity contribution is 6.34. The summed E-state index contributed by atoms with van der Waals surface area (Å²) < 4.78 is 40.4. The Morgan fingerprint density at radius 1 is 1.13 bits per heavy atom. The summed E-state index contributed by atoms with van der Waals surface area (Å²) in [4.78, 5) is 31.0. The quantitative estimate of drug-likeness (QED) is 0.696. The summed E-state index contributed by atoms with van der Waals surface area (Å²) in [5.74, 6) is -3.11. The van der Waals surface area contributed by atoms with Gasteiger partial charge in [0.05, 0.1) is 21.8 Å². The van der Waals surface area contributed by atoms with Gasteiger partial charge in [-0.05, 0) is 57.2 Å². The van der Waals surface area contributed by atoms with E-state index in [4.69, 9.17) is 11.6 Å². The van der Waals surface area contributed by atoms with Crippen LogP contribution in [0.25, 0.3) is 0 Å². The SMILES string of the molecule is Cc1nc(C(=O)N[C@H]2CC[C@@]3(CCN(c4cc(F)c(F)cc4Cl)C3=O)CC2)ccc1F. The van der Waals surface area contributed by atoms with Gasteiger partial charge in [0, 0.05) is 18.7 Å². The Balaban J connectivity index is 1.41. The van der Waals surface area contributed by atoms with E-state index in [0.29, 0.717) is 38.6 Å². The fourth-order valence-corrected chi connectivity index (χ4v) is 4.73. The highest BCUT2D eigenvalue weighted by Crippen LogP contribution is 2.47. The summed E-state index contributed by atoms with van der Waals surface area (Å²) in [5, 5.41) is 2.90. The standard InChI is InChI=1S/C22H21ClF3N3O2/c1-12-15(24)2-3-18(27-12)20(30)28-13-4-6-22(7-5-13)8-9-29(21(22)31)19-11-17(26)16(25)10-14(19)23/h2-3,10-11,13H,4-9H2,1H3,(H,28,30)/t13-,22-. The number of carbonyl (C=O) groups is 2. The number of hydrogen-bond donors (Lipinski definition) is 1. The molecular formula is C22H21ClF3N3O2. The van der Waals surface area contributed by atoms with Gasteiger partial charge in [0.25, 0.3) is 5.91 Å². The molecule has 1 aromatic carbocycles. The first kappa shape index (κ1) is 21.6. The van der Waals surface area contributed by atoms with Crippen LogP contribution in [0.1, 0.15) is 48.3 Å². The lowest BCUT2D eigenvalue weighted by molar-refractivity contribution is -0.127. The number of carbonyl (C=O) groups excluding carboxylic acids is 2. The van der Waals surface area contributed by atoms with E-state index in [2.05, 4.69) is 10.3 Å². The van der Waals surface area contributed by atoms with Crippen LogP contribution in [0.5, 0.6) is 0 Å². The van der Waals surface area contributed by atoms with Crippen molar-refractivity contribution in [3.63, 3.8) is 0 Å². The Bertz CT molecular complexity index is 1050. The van der Waals surface area contributed by atoms with E-state index < -0.39 is 22.9 Å². The second-order valence-corrected chi connectivity index (χ2v) is 8.62. The van der Waals surface area contributed by atoms with Crippen LogP contribution in [0.4, 0.5) is 18.9 Å². The van der Waals surface area contributed by atoms with E-state index in [-0.39, 0.29) is 40.0 Å². The third-order valence-electron chi connectivity index (χ3n) is 6.33. The zero-order valence-electron chi connectivity index (χ0n) is 16.9. The highest BCUT2D eigenvalue weighted by atomic mass is 35.5. The van der Waals surface area contributed by atoms with Crippen LogP contribution in [0, 0.1) is 29.8 Å². The number of anilines is 1. The van der Waals surface area contributed by atoms with Crippen molar-refractivity contribution in [1.29, 1.82) is 0 Å². The first-order chi connectivity index (χ1) is 14.7. The summed E-state index contributed by atoms with van der Waals surface area (Å²) in [6, 6.07) is 4.26. The summed E-state index contributed by atoms with van der Waals surface area (Å²) in [6.07, 6.45) is 2.89. The molecule has 9 heteroatoms. The van der Waals surface area contributed by atoms with Crippen LogP contribution in [0.3, 0.4) is 0 Å². The van der Waals surface area contributed by atoms with Gasteiger partial charge in [0.1, 0.15) is 11.5 Å². The third kappa shape index (κ3) is 4.01. The summed E-state index contributed by atoms with van der Waals surface area (Å²) >= 11 is 6.06. The Hall–Kier alpha value is -2.61. The molecule has 2 aliphatic rings. The number of halogens is 4. The minimum absolute atomic E-state index is 0.00709. The fraction of sp³-hybridized carbons (Fsp3) is 0.409. The van der Waals surface area contributed by atoms with Gasteiger partial charge in [-0.25, -0.2) is 18.2 Å². The molecule has 164 valence electrons. The molecule has 2 amide bonds. The van der Waals surface area contributed by atoms with E-state index in [1.807, 2.05) is 0 Å². The fourth-order valence-electron chi connectivity index (χ4n) is 4.48. The van der Waals surface area contributed by atoms with Crippen molar-refractivity contribution in [3.8, 4) is 0 Å². The van der Waals surface area contributed by atoms with Crippen molar-refractivity contribution in [2.75, 3.05) is 11.4 Å². The number of hydrogen-bond acceptors (Lipinski definition) is 3. The smallest absolute Gasteiger partial charge is 0.270 e. The number of rotatable bonds is 3. The molecule has 1 aliphatic heterocycles. The molecular weight excluding hydrogens is 431 g/mol. The maximum Gasteiger partial charge on any atom is 0.270 e. The van der Waals surface area contributed by atoms with Gasteiger partial charge < -0.3 is 10.2 Å². The lowest BCUT2D eigenvalue weighted by atomic mass is 9.71. The Labute approximate surface area is 182 Å². The molecule has 0 atom stereocenters. The molecule has 0 unspecified atom stereocenters. The molecule has 1 spiro atoms. The summed E-state index contributed by atoms with van der Waals surface area (Å²) in [7, 11) is 0. The van der Waals surface area contributed by atoms with Gasteiger partial charge in [-0.2, -0.15) is 0 Å². The average molecular weight is 452 g/mol. The van der Waals surface area contributed by atoms with Crippen LogP contribution in [-0.2, 0) is 4.79 Å². The number of nitrogens with zero attached hydrogens (tertiary/aromatic N) is 2. The van der Waals surface area contributed by atoms with Crippen LogP contribution >= 0.6 is 11.6 Å². The molecule has 0 radical (unpaired) electrons. The first-order valence-electron chi connectivity index (χ1n) is 10.1. The Kier molecular flexibility index (Phi) is 5.68. The second kappa shape index (κ2) is 8.15. The van der Waals surface area contributed by atoms with E-state index in [1.165, 1.54) is 24.0 Å². The lowest BCUT2D eigenvalue weighted by Crippen LogP contribution is -2.44. The van der Waals surface area contributed by atoms with E-state index >= 15 is 0 Å². The molecule has 1 N–H and O–H groups in total. The number of aryl methyl sites for hydroxylation is 1. The van der Waals surface area contributed by atoms with E-state index in [0.717, 1.165) is 12.1 Å². The number of benzene rings is 1. The number of aromatic nitrogens is 1. The Morgan fingerprint density at radius 2 is 1.81 bits per heavy atom. The molecule has 2 heterocycles. The van der Waals surface area contributed by atoms with Gasteiger partial charge in [-0.3, -0.25) is 9.59 Å². The predicted molar refractivity (Wildman–Crippen MR) is 109 cm³/mol. The van der Waals surface area contributed by atoms with Gasteiger partial charge in [-0.1, -0.05) is 11.6 Å². The number of pyridine rings is 1. The van der Waals surface area contributed by atoms with Crippen molar-refractivity contribution >= 4 is 29.1 Å². The zero-order valence-corrected chi connectivity index (χ0v) is 17.6. The van der Waals surface area contributed by atoms with Crippen molar-refractivity contribution in [3.05, 3.63) is 58.1 Å². The van der Waals surface area contributed by atoms with Gasteiger partial charge >= 0.3 is 0 Å². The molecule has 1 saturated heterocycles. The molecule has 4 rings (SSSR count). The molecule has 5 nitrogen and oxygen atoms in total. The minimum Gasteiger partial charge on any atom is -0.348 e. The van der Waals surface area contributed by atoms with Crippen LogP contribution in [0.15, 0.2) is 24.3 Å². The van der Waals surface area contributed by atoms with Crippen LogP contribution in [-0.4, -0.2) is 29.4 Å². The van der Waals surface area contributed by atoms with Crippen molar-refractivity contribution < 1.29 is 22.8 Å². The monoisotopic (exact) mass is 451 g/mol. The predicted octanol–water partition coefficient (Wildman–Crippen LogP) is 4.56. The zero-order chi connectivity index (χ0) is 22.3.